The van der Waals surface area contributed by atoms with Crippen LogP contribution in [-0.2, 0) is 20.0 Å². The molecule has 5 N–H and O–H groups in total. The maximum absolute atomic E-state index is 13.2. The predicted octanol–water partition coefficient (Wildman–Crippen LogP) is 2.74. The molecule has 0 spiro atoms. The molecule has 4 rings (SSSR count). The Morgan fingerprint density at radius 3 is 2.27 bits per heavy atom. The van der Waals surface area contributed by atoms with Crippen molar-refractivity contribution in [2.24, 2.45) is 5.92 Å². The summed E-state index contributed by atoms with van der Waals surface area (Å²) in [5.41, 5.74) is 1.43. The second kappa shape index (κ2) is 13.0. The van der Waals surface area contributed by atoms with Crippen LogP contribution < -0.4 is 15.4 Å². The summed E-state index contributed by atoms with van der Waals surface area (Å²) in [7, 11) is -7.27. The third-order valence-electron chi connectivity index (χ3n) is 6.83. The Morgan fingerprint density at radius 1 is 0.976 bits per heavy atom. The number of sulfonamides is 2. The van der Waals surface area contributed by atoms with E-state index in [2.05, 4.69) is 15.4 Å². The smallest absolute Gasteiger partial charge is 0.255 e. The van der Waals surface area contributed by atoms with Crippen molar-refractivity contribution in [3.8, 4) is 5.75 Å². The highest BCUT2D eigenvalue weighted by Gasteiger charge is 2.29. The van der Waals surface area contributed by atoms with Gasteiger partial charge in [0, 0.05) is 30.9 Å². The van der Waals surface area contributed by atoms with E-state index < -0.39 is 26.2 Å². The molecular weight excluding hydrogens is 568 g/mol. The fraction of sp³-hybridized carbons (Fsp3) is 0.321. The Balaban J connectivity index is 1.25. The predicted molar refractivity (Wildman–Crippen MR) is 157 cm³/mol. The van der Waals surface area contributed by atoms with Crippen LogP contribution in [0.4, 0.5) is 11.4 Å². The van der Waals surface area contributed by atoms with E-state index in [-0.39, 0.29) is 34.7 Å². The number of carbonyl (C=O) groups is 1. The Morgan fingerprint density at radius 2 is 1.63 bits per heavy atom. The molecule has 41 heavy (non-hydrogen) atoms. The third-order valence-corrected chi connectivity index (χ3v) is 9.33. The highest BCUT2D eigenvalue weighted by molar-refractivity contribution is 7.92. The van der Waals surface area contributed by atoms with E-state index in [1.165, 1.54) is 34.6 Å². The van der Waals surface area contributed by atoms with Crippen molar-refractivity contribution in [1.29, 1.82) is 0 Å². The molecule has 0 saturated carbocycles. The number of carbonyl (C=O) groups excluding carboxylic acids is 1. The first-order valence-electron chi connectivity index (χ1n) is 13.1. The highest BCUT2D eigenvalue weighted by Crippen LogP contribution is 2.28. The summed E-state index contributed by atoms with van der Waals surface area (Å²) in [6.07, 6.45) is 1.33. The molecule has 1 amide bonds. The van der Waals surface area contributed by atoms with Gasteiger partial charge in [-0.15, -0.1) is 0 Å². The largest absolute Gasteiger partial charge is 0.506 e. The lowest BCUT2D eigenvalue weighted by Crippen LogP contribution is -2.41. The molecule has 3 aromatic rings. The van der Waals surface area contributed by atoms with Crippen molar-refractivity contribution >= 4 is 37.3 Å². The van der Waals surface area contributed by atoms with E-state index in [4.69, 9.17) is 0 Å². The number of hydrogen-bond acceptors (Lipinski definition) is 8. The van der Waals surface area contributed by atoms with Crippen molar-refractivity contribution in [3.63, 3.8) is 0 Å². The zero-order valence-corrected chi connectivity index (χ0v) is 24.2. The number of aromatic hydroxyl groups is 1. The number of benzene rings is 3. The molecule has 13 heteroatoms. The summed E-state index contributed by atoms with van der Waals surface area (Å²) in [5.74, 6) is -0.306. The summed E-state index contributed by atoms with van der Waals surface area (Å²) in [4.78, 5) is 12.5. The van der Waals surface area contributed by atoms with Gasteiger partial charge < -0.3 is 20.8 Å². The van der Waals surface area contributed by atoms with Crippen molar-refractivity contribution in [1.82, 2.24) is 9.62 Å². The van der Waals surface area contributed by atoms with Crippen LogP contribution in [0, 0.1) is 5.92 Å². The van der Waals surface area contributed by atoms with Crippen LogP contribution in [0.1, 0.15) is 34.9 Å². The van der Waals surface area contributed by atoms with Crippen LogP contribution in [0.3, 0.4) is 0 Å². The maximum atomic E-state index is 13.2. The molecule has 1 atom stereocenters. The summed E-state index contributed by atoms with van der Waals surface area (Å²) >= 11 is 0. The average Bonchev–Trinajstić information content (AvgIpc) is 2.94. The molecule has 3 aromatic carbocycles. The zero-order valence-electron chi connectivity index (χ0n) is 22.5. The van der Waals surface area contributed by atoms with Gasteiger partial charge in [-0.2, -0.15) is 4.31 Å². The maximum Gasteiger partial charge on any atom is 0.255 e. The Bertz CT molecular complexity index is 1560. The van der Waals surface area contributed by atoms with E-state index in [1.54, 1.807) is 36.4 Å². The Labute approximate surface area is 240 Å². The SMILES string of the molecule is CS(=O)(=O)Nc1cc([C@@H](O)CNCC2CCN(S(=O)(=O)c3ccc(NC(=O)c4ccccc4)cc3)CC2)ccc1O. The van der Waals surface area contributed by atoms with Crippen LogP contribution in [-0.4, -0.2) is 69.7 Å². The number of phenols is 1. The van der Waals surface area contributed by atoms with Gasteiger partial charge in [0.1, 0.15) is 5.75 Å². The van der Waals surface area contributed by atoms with Crippen molar-refractivity contribution in [2.75, 3.05) is 42.5 Å². The molecule has 1 saturated heterocycles. The lowest BCUT2D eigenvalue weighted by atomic mass is 9.98. The van der Waals surface area contributed by atoms with Crippen LogP contribution in [0.5, 0.6) is 5.75 Å². The number of amides is 1. The van der Waals surface area contributed by atoms with Gasteiger partial charge in [-0.25, -0.2) is 16.8 Å². The van der Waals surface area contributed by atoms with E-state index in [0.717, 1.165) is 6.26 Å². The molecule has 1 aliphatic rings. The summed E-state index contributed by atoms with van der Waals surface area (Å²) in [6.45, 7) is 1.51. The van der Waals surface area contributed by atoms with Gasteiger partial charge in [-0.3, -0.25) is 9.52 Å². The molecule has 220 valence electrons. The molecular formula is C28H34N4O7S2. The topological polar surface area (TPSA) is 165 Å². The number of hydrogen-bond donors (Lipinski definition) is 5. The number of nitrogens with zero attached hydrogens (tertiary/aromatic N) is 1. The van der Waals surface area contributed by atoms with E-state index >= 15 is 0 Å². The standard InChI is InChI=1S/C28H34N4O7S2/c1-40(36,37)31-25-17-22(7-12-26(25)33)27(34)19-29-18-20-13-15-32(16-14-20)41(38,39)24-10-8-23(9-11-24)30-28(35)21-5-3-2-4-6-21/h2-12,17,20,27,29,31,33-34H,13-16,18-19H2,1H3,(H,30,35)/t27-/m0/s1. The molecule has 11 nitrogen and oxygen atoms in total. The summed E-state index contributed by atoms with van der Waals surface area (Å²) < 4.78 is 53.0. The first-order valence-corrected chi connectivity index (χ1v) is 16.4. The van der Waals surface area contributed by atoms with Crippen LogP contribution >= 0.6 is 0 Å². The highest BCUT2D eigenvalue weighted by atomic mass is 32.2. The van der Waals surface area contributed by atoms with Gasteiger partial charge in [-0.05, 0) is 79.4 Å². The average molecular weight is 603 g/mol. The molecule has 0 bridgehead atoms. The van der Waals surface area contributed by atoms with Gasteiger partial charge in [0.05, 0.1) is 22.9 Å². The van der Waals surface area contributed by atoms with Crippen molar-refractivity contribution in [3.05, 3.63) is 83.9 Å². The van der Waals surface area contributed by atoms with Crippen LogP contribution in [0.2, 0.25) is 0 Å². The number of piperidine rings is 1. The van der Waals surface area contributed by atoms with Gasteiger partial charge in [0.15, 0.2) is 0 Å². The minimum atomic E-state index is -3.68. The minimum absolute atomic E-state index is 0.00999. The molecule has 1 heterocycles. The van der Waals surface area contributed by atoms with Crippen LogP contribution in [0.15, 0.2) is 77.7 Å². The van der Waals surface area contributed by atoms with Gasteiger partial charge >= 0.3 is 0 Å². The van der Waals surface area contributed by atoms with E-state index in [1.807, 2.05) is 6.07 Å². The second-order valence-corrected chi connectivity index (χ2v) is 13.7. The first-order chi connectivity index (χ1) is 19.4. The van der Waals surface area contributed by atoms with Gasteiger partial charge in [-0.1, -0.05) is 24.3 Å². The van der Waals surface area contributed by atoms with E-state index in [9.17, 15) is 31.8 Å². The second-order valence-electron chi connectivity index (χ2n) is 10.0. The Hall–Kier alpha value is -3.49. The third kappa shape index (κ3) is 8.27. The van der Waals surface area contributed by atoms with Crippen LogP contribution in [0.25, 0.3) is 0 Å². The fourth-order valence-electron chi connectivity index (χ4n) is 4.59. The molecule has 0 aliphatic carbocycles. The normalized spacial score (nSPS) is 15.8. The van der Waals surface area contributed by atoms with Gasteiger partial charge in [0.25, 0.3) is 5.91 Å². The number of aliphatic hydroxyl groups excluding tert-OH is 1. The molecule has 0 radical (unpaired) electrons. The van der Waals surface area contributed by atoms with Crippen molar-refractivity contribution in [2.45, 2.75) is 23.8 Å². The minimum Gasteiger partial charge on any atom is -0.506 e. The summed E-state index contributed by atoms with van der Waals surface area (Å²) in [5, 5.41) is 26.4. The number of rotatable bonds is 11. The quantitative estimate of drug-likeness (QED) is 0.209. The zero-order chi connectivity index (χ0) is 29.6. The Kier molecular flexibility index (Phi) is 9.66. The molecule has 0 unspecified atom stereocenters. The lowest BCUT2D eigenvalue weighted by molar-refractivity contribution is 0.102. The monoisotopic (exact) mass is 602 g/mol. The number of anilines is 2. The number of phenolic OH excluding ortho intramolecular Hbond substituents is 1. The summed E-state index contributed by atoms with van der Waals surface area (Å²) in [6, 6.07) is 19.1. The van der Waals surface area contributed by atoms with Gasteiger partial charge in [0.2, 0.25) is 20.0 Å². The first kappa shape index (κ1) is 30.5. The van der Waals surface area contributed by atoms with E-state index in [0.29, 0.717) is 49.3 Å². The molecule has 1 aliphatic heterocycles. The number of aliphatic hydroxyl groups is 1. The fourth-order valence-corrected chi connectivity index (χ4v) is 6.62. The number of nitrogens with one attached hydrogen (secondary N) is 3. The lowest BCUT2D eigenvalue weighted by Gasteiger charge is -2.31. The molecule has 1 fully saturated rings. The molecule has 0 aromatic heterocycles. The van der Waals surface area contributed by atoms with Crippen molar-refractivity contribution < 1.29 is 31.8 Å².